The molecular weight excluding hydrogens is 300 g/mol. The van der Waals surface area contributed by atoms with Crippen LogP contribution in [0.4, 0.5) is 0 Å². The number of hydrogen-bond acceptors (Lipinski definition) is 0. The second-order valence-corrected chi connectivity index (χ2v) is 6.53. The van der Waals surface area contributed by atoms with Crippen molar-refractivity contribution in [2.45, 2.75) is 52.4 Å². The summed E-state index contributed by atoms with van der Waals surface area (Å²) in [5, 5.41) is 0.790. The lowest BCUT2D eigenvalue weighted by molar-refractivity contribution is 0.473. The van der Waals surface area contributed by atoms with Gasteiger partial charge in [-0.2, -0.15) is 0 Å². The number of halogens is 1. The van der Waals surface area contributed by atoms with E-state index in [-0.39, 0.29) is 5.92 Å². The standard InChI is InChI=1S/C22H25Cl/c1-6-10-16-13-18(8-3)22(20(23)14-16)21-15(5)11-12-17(7-2)19(21)9-4/h13-14,17,21H,4-5,7-8,11-12H2,1-3H3. The first-order chi connectivity index (χ1) is 11.1. The van der Waals surface area contributed by atoms with Gasteiger partial charge < -0.3 is 0 Å². The van der Waals surface area contributed by atoms with Crippen LogP contribution in [-0.2, 0) is 6.42 Å². The Morgan fingerprint density at radius 1 is 1.30 bits per heavy atom. The third-order valence-electron chi connectivity index (χ3n) is 4.82. The van der Waals surface area contributed by atoms with Gasteiger partial charge in [0, 0.05) is 16.5 Å². The molecule has 1 heteroatoms. The van der Waals surface area contributed by atoms with E-state index in [1.807, 2.05) is 13.0 Å². The number of rotatable bonds is 3. The predicted octanol–water partition coefficient (Wildman–Crippen LogP) is 6.44. The van der Waals surface area contributed by atoms with Crippen LogP contribution in [0.25, 0.3) is 0 Å². The van der Waals surface area contributed by atoms with Crippen molar-refractivity contribution in [2.24, 2.45) is 5.92 Å². The average Bonchev–Trinajstić information content (AvgIpc) is 2.55. The molecule has 1 aliphatic carbocycles. The number of hydrogen-bond donors (Lipinski definition) is 0. The summed E-state index contributed by atoms with van der Waals surface area (Å²) in [6, 6.07) is 4.15. The third-order valence-corrected chi connectivity index (χ3v) is 5.14. The van der Waals surface area contributed by atoms with Crippen molar-refractivity contribution in [3.8, 4) is 11.8 Å². The van der Waals surface area contributed by atoms with Crippen LogP contribution in [-0.4, -0.2) is 0 Å². The number of benzene rings is 1. The van der Waals surface area contributed by atoms with Crippen molar-refractivity contribution in [3.63, 3.8) is 0 Å². The lowest BCUT2D eigenvalue weighted by atomic mass is 9.69. The molecule has 1 aromatic carbocycles. The number of aryl methyl sites for hydroxylation is 1. The maximum Gasteiger partial charge on any atom is 0.0462 e. The van der Waals surface area contributed by atoms with Crippen molar-refractivity contribution < 1.29 is 0 Å². The summed E-state index contributed by atoms with van der Waals surface area (Å²) >= 11 is 6.69. The van der Waals surface area contributed by atoms with E-state index in [4.69, 9.17) is 11.6 Å². The first-order valence-electron chi connectivity index (χ1n) is 8.39. The van der Waals surface area contributed by atoms with Crippen LogP contribution in [0, 0.1) is 17.8 Å². The van der Waals surface area contributed by atoms with E-state index in [0.29, 0.717) is 5.92 Å². The summed E-state index contributed by atoms with van der Waals surface area (Å²) < 4.78 is 0. The Labute approximate surface area is 145 Å². The van der Waals surface area contributed by atoms with Crippen molar-refractivity contribution >= 4 is 11.6 Å². The van der Waals surface area contributed by atoms with Crippen molar-refractivity contribution in [2.75, 3.05) is 0 Å². The van der Waals surface area contributed by atoms with Crippen LogP contribution in [0.15, 0.2) is 42.2 Å². The van der Waals surface area contributed by atoms with Crippen molar-refractivity contribution in [3.05, 3.63) is 63.9 Å². The van der Waals surface area contributed by atoms with E-state index in [1.165, 1.54) is 22.3 Å². The largest absolute Gasteiger partial charge is 0.128 e. The Balaban J connectivity index is 2.64. The molecule has 2 atom stereocenters. The maximum absolute atomic E-state index is 6.69. The molecule has 2 unspecified atom stereocenters. The van der Waals surface area contributed by atoms with E-state index in [0.717, 1.165) is 36.3 Å². The van der Waals surface area contributed by atoms with Crippen LogP contribution in [0.1, 0.15) is 62.6 Å². The normalized spacial score (nSPS) is 20.7. The van der Waals surface area contributed by atoms with E-state index in [1.54, 1.807) is 0 Å². The molecular formula is C22H25Cl. The minimum Gasteiger partial charge on any atom is -0.128 e. The highest BCUT2D eigenvalue weighted by atomic mass is 35.5. The summed E-state index contributed by atoms with van der Waals surface area (Å²) in [6.07, 6.45) is 4.23. The van der Waals surface area contributed by atoms with E-state index in [9.17, 15) is 0 Å². The Morgan fingerprint density at radius 3 is 2.61 bits per heavy atom. The van der Waals surface area contributed by atoms with Gasteiger partial charge in [-0.1, -0.05) is 50.1 Å². The topological polar surface area (TPSA) is 0 Å². The van der Waals surface area contributed by atoms with Crippen LogP contribution in [0.5, 0.6) is 0 Å². The molecule has 0 N–H and O–H groups in total. The zero-order valence-corrected chi connectivity index (χ0v) is 15.2. The summed E-state index contributed by atoms with van der Waals surface area (Å²) in [4.78, 5) is 0. The fourth-order valence-corrected chi connectivity index (χ4v) is 4.00. The van der Waals surface area contributed by atoms with Crippen molar-refractivity contribution in [1.82, 2.24) is 0 Å². The molecule has 1 fully saturated rings. The van der Waals surface area contributed by atoms with Gasteiger partial charge >= 0.3 is 0 Å². The number of allylic oxidation sites excluding steroid dienone is 2. The van der Waals surface area contributed by atoms with E-state index >= 15 is 0 Å². The smallest absolute Gasteiger partial charge is 0.0462 e. The van der Waals surface area contributed by atoms with Gasteiger partial charge in [0.2, 0.25) is 0 Å². The Bertz CT molecular complexity index is 720. The van der Waals surface area contributed by atoms with E-state index in [2.05, 4.69) is 50.6 Å². The Kier molecular flexibility index (Phi) is 5.95. The second kappa shape index (κ2) is 7.74. The zero-order valence-electron chi connectivity index (χ0n) is 14.4. The van der Waals surface area contributed by atoms with Gasteiger partial charge in [-0.05, 0) is 67.4 Å². The van der Waals surface area contributed by atoms with Gasteiger partial charge in [-0.25, -0.2) is 0 Å². The van der Waals surface area contributed by atoms with Crippen LogP contribution in [0.3, 0.4) is 0 Å². The molecule has 0 amide bonds. The second-order valence-electron chi connectivity index (χ2n) is 6.13. The van der Waals surface area contributed by atoms with Crippen LogP contribution < -0.4 is 0 Å². The molecule has 23 heavy (non-hydrogen) atoms. The quantitative estimate of drug-likeness (QED) is 0.341. The summed E-state index contributed by atoms with van der Waals surface area (Å²) in [5.74, 6) is 6.75. The molecule has 2 rings (SSSR count). The fraction of sp³-hybridized carbons (Fsp3) is 0.409. The fourth-order valence-electron chi connectivity index (χ4n) is 3.65. The highest BCUT2D eigenvalue weighted by molar-refractivity contribution is 6.31. The van der Waals surface area contributed by atoms with Gasteiger partial charge in [0.05, 0.1) is 0 Å². The molecule has 0 spiro atoms. The molecule has 0 radical (unpaired) electrons. The molecule has 1 saturated carbocycles. The van der Waals surface area contributed by atoms with Gasteiger partial charge in [-0.15, -0.1) is 11.7 Å². The molecule has 0 bridgehead atoms. The lowest BCUT2D eigenvalue weighted by Gasteiger charge is -2.34. The molecule has 0 saturated heterocycles. The highest BCUT2D eigenvalue weighted by Crippen LogP contribution is 2.47. The molecule has 1 aliphatic rings. The van der Waals surface area contributed by atoms with Crippen LogP contribution in [0.2, 0.25) is 5.02 Å². The van der Waals surface area contributed by atoms with Crippen LogP contribution >= 0.6 is 11.6 Å². The molecule has 1 aromatic rings. The molecule has 0 aromatic heterocycles. The van der Waals surface area contributed by atoms with Gasteiger partial charge in [-0.3, -0.25) is 0 Å². The SMILES string of the molecule is C=C=C1C(CC)CCC(=C)C1c1c(Cl)cc(C#CC)cc1CC. The van der Waals surface area contributed by atoms with Gasteiger partial charge in [0.1, 0.15) is 0 Å². The molecule has 0 heterocycles. The predicted molar refractivity (Wildman–Crippen MR) is 101 cm³/mol. The summed E-state index contributed by atoms with van der Waals surface area (Å²) in [5.41, 5.74) is 9.13. The minimum atomic E-state index is 0.150. The Morgan fingerprint density at radius 2 is 2.04 bits per heavy atom. The average molecular weight is 325 g/mol. The minimum absolute atomic E-state index is 0.150. The Hall–Kier alpha value is -1.67. The zero-order chi connectivity index (χ0) is 17.0. The lowest BCUT2D eigenvalue weighted by Crippen LogP contribution is -2.20. The van der Waals surface area contributed by atoms with Gasteiger partial charge in [0.15, 0.2) is 0 Å². The maximum atomic E-state index is 6.69. The molecule has 0 nitrogen and oxygen atoms in total. The summed E-state index contributed by atoms with van der Waals surface area (Å²) in [7, 11) is 0. The van der Waals surface area contributed by atoms with Crippen molar-refractivity contribution in [1.29, 1.82) is 0 Å². The third kappa shape index (κ3) is 3.48. The first kappa shape index (κ1) is 17.7. The molecule has 0 aliphatic heterocycles. The summed E-state index contributed by atoms with van der Waals surface area (Å²) in [6.45, 7) is 14.5. The highest BCUT2D eigenvalue weighted by Gasteiger charge is 2.32. The van der Waals surface area contributed by atoms with Gasteiger partial charge in [0.25, 0.3) is 0 Å². The first-order valence-corrected chi connectivity index (χ1v) is 8.77. The monoisotopic (exact) mass is 324 g/mol. The molecule has 120 valence electrons. The van der Waals surface area contributed by atoms with E-state index < -0.39 is 0 Å².